The molecule has 0 saturated carbocycles. The highest BCUT2D eigenvalue weighted by Gasteiger charge is 2.30. The van der Waals surface area contributed by atoms with Crippen molar-refractivity contribution in [2.45, 2.75) is 348 Å². The molecule has 0 heterocycles. The number of ether oxygens (including phenoxy) is 4. The lowest BCUT2D eigenvalue weighted by atomic mass is 10.00. The molecule has 3 N–H and O–H groups in total. The van der Waals surface area contributed by atoms with E-state index >= 15 is 0 Å². The van der Waals surface area contributed by atoms with Crippen molar-refractivity contribution in [1.82, 2.24) is 0 Å². The topological polar surface area (TPSA) is 237 Å². The molecule has 0 bridgehead atoms. The van der Waals surface area contributed by atoms with Crippen molar-refractivity contribution in [3.63, 3.8) is 0 Å². The standard InChI is InChI=1S/C65H126O17P2/c1-6-10-13-16-19-22-24-25-26-27-28-29-31-34-41-46-51-65(70)82-61(55-76-63(68)49-44-39-36-35-37-42-47-58(5)9-4)57-80-84(73,74)78-53-59(66)52-77-83(71,72)79-56-60(54-75-62(67)48-43-38-32-21-18-15-12-8-3)81-64(69)50-45-40-33-30-23-20-17-14-11-7-2/h58-61,66H,6-57H2,1-5H3,(H,71,72)(H,73,74)/t58?,59-,60+,61+/m0/s1. The summed E-state index contributed by atoms with van der Waals surface area (Å²) in [5, 5.41) is 10.5. The van der Waals surface area contributed by atoms with Crippen molar-refractivity contribution < 1.29 is 80.2 Å². The van der Waals surface area contributed by atoms with Crippen LogP contribution in [-0.2, 0) is 65.4 Å². The zero-order chi connectivity index (χ0) is 62.0. The molecule has 0 saturated heterocycles. The van der Waals surface area contributed by atoms with E-state index in [2.05, 4.69) is 34.6 Å². The van der Waals surface area contributed by atoms with E-state index in [1.165, 1.54) is 141 Å². The molecule has 0 aliphatic heterocycles. The lowest BCUT2D eigenvalue weighted by Gasteiger charge is -2.21. The molecule has 0 spiro atoms. The molecule has 0 aromatic carbocycles. The quantitative estimate of drug-likeness (QED) is 0.0222. The minimum absolute atomic E-state index is 0.106. The van der Waals surface area contributed by atoms with Gasteiger partial charge in [0.25, 0.3) is 0 Å². The Morgan fingerprint density at radius 1 is 0.333 bits per heavy atom. The summed E-state index contributed by atoms with van der Waals surface area (Å²) in [5.41, 5.74) is 0. The highest BCUT2D eigenvalue weighted by atomic mass is 31.2. The van der Waals surface area contributed by atoms with Gasteiger partial charge in [0.05, 0.1) is 26.4 Å². The van der Waals surface area contributed by atoms with Gasteiger partial charge in [0.2, 0.25) is 0 Å². The molecule has 0 amide bonds. The van der Waals surface area contributed by atoms with Crippen LogP contribution >= 0.6 is 15.6 Å². The van der Waals surface area contributed by atoms with Crippen LogP contribution in [0.1, 0.15) is 330 Å². The smallest absolute Gasteiger partial charge is 0.462 e. The number of phosphoric acid groups is 2. The summed E-state index contributed by atoms with van der Waals surface area (Å²) in [6.45, 7) is 7.14. The highest BCUT2D eigenvalue weighted by Crippen LogP contribution is 2.45. The molecule has 0 radical (unpaired) electrons. The van der Waals surface area contributed by atoms with Crippen LogP contribution in [0.4, 0.5) is 0 Å². The van der Waals surface area contributed by atoms with Gasteiger partial charge < -0.3 is 33.8 Å². The van der Waals surface area contributed by atoms with Crippen molar-refractivity contribution in [2.24, 2.45) is 5.92 Å². The first-order chi connectivity index (χ1) is 40.6. The molecule has 19 heteroatoms. The van der Waals surface area contributed by atoms with Crippen molar-refractivity contribution in [1.29, 1.82) is 0 Å². The van der Waals surface area contributed by atoms with Gasteiger partial charge in [-0.05, 0) is 31.6 Å². The van der Waals surface area contributed by atoms with Gasteiger partial charge in [0.1, 0.15) is 19.3 Å². The predicted molar refractivity (Wildman–Crippen MR) is 335 cm³/mol. The minimum Gasteiger partial charge on any atom is -0.462 e. The molecule has 0 aromatic rings. The first-order valence-corrected chi connectivity index (χ1v) is 37.2. The summed E-state index contributed by atoms with van der Waals surface area (Å²) in [6, 6.07) is 0. The van der Waals surface area contributed by atoms with E-state index in [1.54, 1.807) is 0 Å². The van der Waals surface area contributed by atoms with Gasteiger partial charge >= 0.3 is 39.5 Å². The number of esters is 4. The maximum absolute atomic E-state index is 13.0. The molecule has 17 nitrogen and oxygen atoms in total. The van der Waals surface area contributed by atoms with E-state index < -0.39 is 97.5 Å². The van der Waals surface area contributed by atoms with Crippen molar-refractivity contribution in [3.8, 4) is 0 Å². The van der Waals surface area contributed by atoms with Crippen molar-refractivity contribution in [2.75, 3.05) is 39.6 Å². The van der Waals surface area contributed by atoms with Gasteiger partial charge in [0.15, 0.2) is 12.2 Å². The third kappa shape index (κ3) is 57.8. The number of carbonyl (C=O) groups is 4. The summed E-state index contributed by atoms with van der Waals surface area (Å²) < 4.78 is 68.0. The van der Waals surface area contributed by atoms with Gasteiger partial charge in [-0.3, -0.25) is 37.3 Å². The van der Waals surface area contributed by atoms with Crippen LogP contribution in [0.5, 0.6) is 0 Å². The number of hydrogen-bond donors (Lipinski definition) is 3. The Kier molecular flexibility index (Phi) is 57.4. The molecular formula is C65H126O17P2. The Morgan fingerprint density at radius 3 is 0.845 bits per heavy atom. The van der Waals surface area contributed by atoms with Gasteiger partial charge in [-0.25, -0.2) is 9.13 Å². The summed E-state index contributed by atoms with van der Waals surface area (Å²) in [7, 11) is -9.88. The number of carbonyl (C=O) groups excluding carboxylic acids is 4. The van der Waals surface area contributed by atoms with Crippen LogP contribution in [0.25, 0.3) is 0 Å². The largest absolute Gasteiger partial charge is 0.472 e. The van der Waals surface area contributed by atoms with E-state index in [1.807, 2.05) is 0 Å². The van der Waals surface area contributed by atoms with Crippen LogP contribution < -0.4 is 0 Å². The second-order valence-corrected chi connectivity index (χ2v) is 26.7. The van der Waals surface area contributed by atoms with E-state index in [9.17, 15) is 43.2 Å². The molecule has 3 unspecified atom stereocenters. The highest BCUT2D eigenvalue weighted by molar-refractivity contribution is 7.47. The van der Waals surface area contributed by atoms with Crippen LogP contribution in [0.3, 0.4) is 0 Å². The molecule has 0 rings (SSSR count). The first kappa shape index (κ1) is 82.1. The maximum atomic E-state index is 13.0. The van der Waals surface area contributed by atoms with Gasteiger partial charge in [-0.1, -0.05) is 279 Å². The Balaban J connectivity index is 5.20. The van der Waals surface area contributed by atoms with Crippen LogP contribution in [0, 0.1) is 5.92 Å². The van der Waals surface area contributed by atoms with E-state index in [0.29, 0.717) is 25.7 Å². The number of rotatable bonds is 65. The molecule has 498 valence electrons. The second-order valence-electron chi connectivity index (χ2n) is 23.7. The molecule has 84 heavy (non-hydrogen) atoms. The Hall–Kier alpha value is -1.94. The zero-order valence-corrected chi connectivity index (χ0v) is 55.8. The van der Waals surface area contributed by atoms with E-state index in [4.69, 9.17) is 37.0 Å². The zero-order valence-electron chi connectivity index (χ0n) is 54.0. The molecule has 6 atom stereocenters. The monoisotopic (exact) mass is 1240 g/mol. The summed E-state index contributed by atoms with van der Waals surface area (Å²) >= 11 is 0. The summed E-state index contributed by atoms with van der Waals surface area (Å²) in [6.07, 6.45) is 43.1. The number of aliphatic hydroxyl groups is 1. The fraction of sp³-hybridized carbons (Fsp3) is 0.938. The molecule has 0 aliphatic rings. The average molecular weight is 1240 g/mol. The number of hydrogen-bond acceptors (Lipinski definition) is 15. The molecular weight excluding hydrogens is 1110 g/mol. The number of phosphoric ester groups is 2. The number of aliphatic hydroxyl groups excluding tert-OH is 1. The Bertz CT molecular complexity index is 1640. The SMILES string of the molecule is CCCCCCCCCCCCCCCCCCC(=O)O[C@H](COC(=O)CCCCCCCCC(C)CC)COP(=O)(O)OC[C@@H](O)COP(=O)(O)OC[C@@H](COC(=O)CCCCCCCCCC)OC(=O)CCCCCCCCCCCC. The maximum Gasteiger partial charge on any atom is 0.472 e. The normalized spacial score (nSPS) is 14.5. The fourth-order valence-corrected chi connectivity index (χ4v) is 11.3. The molecule has 0 aliphatic carbocycles. The van der Waals surface area contributed by atoms with Crippen LogP contribution in [-0.4, -0.2) is 96.7 Å². The summed E-state index contributed by atoms with van der Waals surface area (Å²) in [5.74, 6) is -1.40. The van der Waals surface area contributed by atoms with Crippen molar-refractivity contribution >= 4 is 39.5 Å². The average Bonchev–Trinajstić information content (AvgIpc) is 3.49. The van der Waals surface area contributed by atoms with E-state index in [0.717, 1.165) is 109 Å². The van der Waals surface area contributed by atoms with Gasteiger partial charge in [0, 0.05) is 25.7 Å². The van der Waals surface area contributed by atoms with Gasteiger partial charge in [-0.15, -0.1) is 0 Å². The third-order valence-corrected chi connectivity index (χ3v) is 17.3. The minimum atomic E-state index is -4.94. The van der Waals surface area contributed by atoms with Crippen molar-refractivity contribution in [3.05, 3.63) is 0 Å². The third-order valence-electron chi connectivity index (χ3n) is 15.4. The second kappa shape index (κ2) is 58.7. The van der Waals surface area contributed by atoms with Crippen LogP contribution in [0.15, 0.2) is 0 Å². The van der Waals surface area contributed by atoms with Gasteiger partial charge in [-0.2, -0.15) is 0 Å². The lowest BCUT2D eigenvalue weighted by molar-refractivity contribution is -0.161. The Labute approximate surface area is 511 Å². The number of unbranched alkanes of at least 4 members (excludes halogenated alkanes) is 36. The first-order valence-electron chi connectivity index (χ1n) is 34.2. The predicted octanol–water partition coefficient (Wildman–Crippen LogP) is 18.2. The van der Waals surface area contributed by atoms with Crippen LogP contribution in [0.2, 0.25) is 0 Å². The fourth-order valence-electron chi connectivity index (χ4n) is 9.73. The van der Waals surface area contributed by atoms with E-state index in [-0.39, 0.29) is 25.7 Å². The molecule has 0 aromatic heterocycles. The lowest BCUT2D eigenvalue weighted by Crippen LogP contribution is -2.30. The molecule has 0 fully saturated rings. The Morgan fingerprint density at radius 2 is 0.571 bits per heavy atom. The summed E-state index contributed by atoms with van der Waals surface area (Å²) in [4.78, 5) is 72.2.